The second-order valence-corrected chi connectivity index (χ2v) is 14.1. The zero-order valence-electron chi connectivity index (χ0n) is 25.4. The molecule has 0 saturated carbocycles. The molecule has 0 radical (unpaired) electrons. The fourth-order valence-electron chi connectivity index (χ4n) is 5.73. The van der Waals surface area contributed by atoms with Gasteiger partial charge in [-0.2, -0.15) is 16.8 Å². The summed E-state index contributed by atoms with van der Waals surface area (Å²) < 4.78 is 75.8. The van der Waals surface area contributed by atoms with Crippen LogP contribution in [0.5, 0.6) is 0 Å². The van der Waals surface area contributed by atoms with Gasteiger partial charge in [-0.3, -0.25) is 9.11 Å². The molecule has 4 N–H and O–H groups in total. The van der Waals surface area contributed by atoms with Crippen LogP contribution in [-0.4, -0.2) is 25.9 Å². The van der Waals surface area contributed by atoms with E-state index in [-0.39, 0.29) is 5.56 Å². The molecule has 0 amide bonds. The molecule has 46 heavy (non-hydrogen) atoms. The minimum absolute atomic E-state index is 0.0224. The van der Waals surface area contributed by atoms with Crippen LogP contribution in [0, 0.1) is 27.7 Å². The second kappa shape index (κ2) is 11.5. The van der Waals surface area contributed by atoms with Crippen LogP contribution < -0.4 is 10.6 Å². The van der Waals surface area contributed by atoms with Gasteiger partial charge in [0, 0.05) is 46.0 Å². The van der Waals surface area contributed by atoms with Gasteiger partial charge in [-0.25, -0.2) is 4.42 Å². The van der Waals surface area contributed by atoms with Crippen LogP contribution in [0.3, 0.4) is 0 Å². The lowest BCUT2D eigenvalue weighted by atomic mass is 9.96. The lowest BCUT2D eigenvalue weighted by Crippen LogP contribution is -2.05. The highest BCUT2D eigenvalue weighted by Gasteiger charge is 2.28. The third kappa shape index (κ3) is 5.93. The second-order valence-electron chi connectivity index (χ2n) is 11.3. The number of fused-ring (bicyclic) bond motifs is 2. The Kier molecular flexibility index (Phi) is 7.81. The van der Waals surface area contributed by atoms with E-state index < -0.39 is 30.0 Å². The van der Waals surface area contributed by atoms with Crippen molar-refractivity contribution in [2.24, 2.45) is 0 Å². The summed E-state index contributed by atoms with van der Waals surface area (Å²) in [5.41, 5.74) is 8.56. The van der Waals surface area contributed by atoms with Crippen LogP contribution in [0.15, 0.2) is 105 Å². The minimum Gasteiger partial charge on any atom is -0.355 e. The van der Waals surface area contributed by atoms with Gasteiger partial charge in [0.25, 0.3) is 20.2 Å². The zero-order valence-corrected chi connectivity index (χ0v) is 27.0. The highest BCUT2D eigenvalue weighted by Crippen LogP contribution is 2.42. The largest absolute Gasteiger partial charge is 0.361 e. The number of benzene rings is 5. The smallest absolute Gasteiger partial charge is 0.355 e. The van der Waals surface area contributed by atoms with Crippen molar-refractivity contribution >= 4 is 64.9 Å². The molecule has 0 aliphatic rings. The van der Waals surface area contributed by atoms with E-state index in [1.54, 1.807) is 12.1 Å². The van der Waals surface area contributed by atoms with E-state index in [0.717, 1.165) is 45.8 Å². The molecule has 0 spiro atoms. The van der Waals surface area contributed by atoms with E-state index >= 15 is 0 Å². The average molecular weight is 656 g/mol. The Morgan fingerprint density at radius 2 is 1.02 bits per heavy atom. The molecule has 0 aliphatic heterocycles. The highest BCUT2D eigenvalue weighted by atomic mass is 32.2. The molecule has 0 unspecified atom stereocenters. The molecule has 0 saturated heterocycles. The molecular formula is C35H31N2O7S2+. The van der Waals surface area contributed by atoms with Crippen molar-refractivity contribution in [2.75, 3.05) is 10.6 Å². The van der Waals surface area contributed by atoms with Crippen LogP contribution in [-0.2, 0) is 20.2 Å². The van der Waals surface area contributed by atoms with E-state index in [1.165, 1.54) is 6.07 Å². The fraction of sp³-hybridized carbons (Fsp3) is 0.114. The van der Waals surface area contributed by atoms with Crippen LogP contribution in [0.4, 0.5) is 22.7 Å². The molecule has 1 heterocycles. The van der Waals surface area contributed by atoms with Crippen molar-refractivity contribution in [1.29, 1.82) is 0 Å². The molecule has 9 nitrogen and oxygen atoms in total. The number of anilines is 4. The van der Waals surface area contributed by atoms with E-state index in [2.05, 4.69) is 10.6 Å². The summed E-state index contributed by atoms with van der Waals surface area (Å²) in [5.74, 6) is 0. The Morgan fingerprint density at radius 1 is 0.565 bits per heavy atom. The highest BCUT2D eigenvalue weighted by molar-refractivity contribution is 7.86. The molecule has 1 aromatic heterocycles. The molecule has 0 fully saturated rings. The maximum absolute atomic E-state index is 12.8. The summed E-state index contributed by atoms with van der Waals surface area (Å²) in [6.45, 7) is 7.96. The first-order chi connectivity index (χ1) is 21.7. The first kappa shape index (κ1) is 31.2. The van der Waals surface area contributed by atoms with Crippen molar-refractivity contribution in [3.05, 3.63) is 113 Å². The monoisotopic (exact) mass is 655 g/mol. The van der Waals surface area contributed by atoms with E-state index in [0.29, 0.717) is 38.9 Å². The first-order valence-electron chi connectivity index (χ1n) is 14.3. The zero-order chi connectivity index (χ0) is 33.0. The third-order valence-electron chi connectivity index (χ3n) is 8.02. The van der Waals surface area contributed by atoms with Crippen molar-refractivity contribution in [3.8, 4) is 11.1 Å². The SMILES string of the molecule is Cc1cccc(C)c1Nc1ccc2[o+]c3ccc(Nc4c(C)cccc4C)cc3c(-c3ccc(S(=O)(=O)O)cc3S(=O)(=O)O)c2c1. The first-order valence-corrected chi connectivity index (χ1v) is 17.2. The average Bonchev–Trinajstić information content (AvgIpc) is 2.98. The maximum Gasteiger partial charge on any atom is 0.361 e. The number of rotatable bonds is 7. The third-order valence-corrected chi connectivity index (χ3v) is 9.76. The summed E-state index contributed by atoms with van der Waals surface area (Å²) in [5, 5.41) is 7.91. The van der Waals surface area contributed by atoms with Crippen molar-refractivity contribution in [1.82, 2.24) is 0 Å². The summed E-state index contributed by atoms with van der Waals surface area (Å²) in [7, 11) is -9.76. The lowest BCUT2D eigenvalue weighted by Gasteiger charge is -2.15. The lowest BCUT2D eigenvalue weighted by molar-refractivity contribution is 0.481. The summed E-state index contributed by atoms with van der Waals surface area (Å²) in [6, 6.07) is 25.8. The Labute approximate surface area is 267 Å². The standard InChI is InChI=1S/C35H30N2O7S2/c1-20-7-5-8-21(2)34(20)36-24-11-15-30-28(17-24)33(27-14-13-26(45(38,39)40)19-32(27)46(41,42)43)29-18-25(12-16-31(29)44-30)37-35-22(3)9-6-10-23(35)4/h5-19,36-37H,1-4H3,(H-,38,39,40,41,42,43)/p+1. The molecule has 0 bridgehead atoms. The number of hydrogen-bond donors (Lipinski definition) is 4. The van der Waals surface area contributed by atoms with Crippen LogP contribution >= 0.6 is 0 Å². The molecule has 234 valence electrons. The van der Waals surface area contributed by atoms with Crippen molar-refractivity contribution in [2.45, 2.75) is 37.5 Å². The normalized spacial score (nSPS) is 12.0. The molecule has 0 atom stereocenters. The quantitative estimate of drug-likeness (QED) is 0.0754. The van der Waals surface area contributed by atoms with E-state index in [1.807, 2.05) is 88.4 Å². The molecule has 11 heteroatoms. The number of para-hydroxylation sites is 2. The molecule has 0 aliphatic carbocycles. The summed E-state index contributed by atoms with van der Waals surface area (Å²) in [6.07, 6.45) is 0. The number of hydrogen-bond acceptors (Lipinski definition) is 6. The van der Waals surface area contributed by atoms with Gasteiger partial charge >= 0.3 is 11.2 Å². The van der Waals surface area contributed by atoms with Gasteiger partial charge in [-0.15, -0.1) is 0 Å². The Balaban J connectivity index is 1.67. The number of nitrogens with one attached hydrogen (secondary N) is 2. The predicted molar refractivity (Wildman–Crippen MR) is 182 cm³/mol. The topological polar surface area (TPSA) is 144 Å². The number of aryl methyl sites for hydroxylation is 4. The molecule has 6 rings (SSSR count). The van der Waals surface area contributed by atoms with Crippen LogP contribution in [0.1, 0.15) is 22.3 Å². The maximum atomic E-state index is 12.8. The van der Waals surface area contributed by atoms with Crippen molar-refractivity contribution < 1.29 is 30.4 Å². The summed E-state index contributed by atoms with van der Waals surface area (Å²) in [4.78, 5) is -1.36. The van der Waals surface area contributed by atoms with Gasteiger partial charge in [-0.05, 0) is 86.3 Å². The van der Waals surface area contributed by atoms with E-state index in [4.69, 9.17) is 4.42 Å². The van der Waals surface area contributed by atoms with Crippen LogP contribution in [0.2, 0.25) is 0 Å². The van der Waals surface area contributed by atoms with Crippen LogP contribution in [0.25, 0.3) is 33.1 Å². The van der Waals surface area contributed by atoms with Gasteiger partial charge in [0.15, 0.2) is 0 Å². The van der Waals surface area contributed by atoms with Gasteiger partial charge in [0.1, 0.15) is 4.90 Å². The Hall–Kier alpha value is -4.81. The van der Waals surface area contributed by atoms with Gasteiger partial charge in [0.2, 0.25) is 0 Å². The predicted octanol–water partition coefficient (Wildman–Crippen LogP) is 8.75. The van der Waals surface area contributed by atoms with E-state index in [9.17, 15) is 25.9 Å². The van der Waals surface area contributed by atoms with Gasteiger partial charge < -0.3 is 10.6 Å². The Morgan fingerprint density at radius 3 is 1.43 bits per heavy atom. The Bertz CT molecular complexity index is 2270. The summed E-state index contributed by atoms with van der Waals surface area (Å²) >= 11 is 0. The molecular weight excluding hydrogens is 625 g/mol. The fourth-order valence-corrected chi connectivity index (χ4v) is 7.04. The molecule has 6 aromatic rings. The van der Waals surface area contributed by atoms with Gasteiger partial charge in [-0.1, -0.05) is 42.5 Å². The van der Waals surface area contributed by atoms with Gasteiger partial charge in [0.05, 0.1) is 15.7 Å². The molecule has 5 aromatic carbocycles. The minimum atomic E-state index is -4.98. The van der Waals surface area contributed by atoms with Crippen molar-refractivity contribution in [3.63, 3.8) is 0 Å².